The summed E-state index contributed by atoms with van der Waals surface area (Å²) in [5, 5.41) is 4.37. The normalized spacial score (nSPS) is 11.1. The van der Waals surface area contributed by atoms with Gasteiger partial charge in [0.2, 0.25) is 0 Å². The number of nitrogen functional groups attached to an aromatic ring is 1. The molecule has 0 saturated heterocycles. The van der Waals surface area contributed by atoms with Crippen molar-refractivity contribution in [2.45, 2.75) is 32.7 Å². The summed E-state index contributed by atoms with van der Waals surface area (Å²) in [5.41, 5.74) is 9.44. The Morgan fingerprint density at radius 2 is 1.80 bits per heavy atom. The second-order valence-corrected chi connectivity index (χ2v) is 9.05. The van der Waals surface area contributed by atoms with Crippen LogP contribution in [0.2, 0.25) is 0 Å². The van der Waals surface area contributed by atoms with Crippen LogP contribution in [0.5, 0.6) is 0 Å². The molecular weight excluding hydrogens is 436 g/mol. The molecule has 35 heavy (non-hydrogen) atoms. The van der Waals surface area contributed by atoms with E-state index >= 15 is 0 Å². The number of ketones is 1. The summed E-state index contributed by atoms with van der Waals surface area (Å²) in [7, 11) is 0. The molecule has 1 aromatic heterocycles. The highest BCUT2D eigenvalue weighted by atomic mass is 16.1. The van der Waals surface area contributed by atoms with Gasteiger partial charge in [-0.2, -0.15) is 0 Å². The minimum absolute atomic E-state index is 0.0673. The first kappa shape index (κ1) is 23.7. The molecule has 0 bridgehead atoms. The molecule has 0 unspecified atom stereocenters. The summed E-state index contributed by atoms with van der Waals surface area (Å²) in [5.74, 6) is 0.00929. The lowest BCUT2D eigenvalue weighted by atomic mass is 9.92. The van der Waals surface area contributed by atoms with Gasteiger partial charge in [-0.15, -0.1) is 0 Å². The molecule has 3 N–H and O–H groups in total. The number of nitrogens with one attached hydrogen (secondary N) is 1. The van der Waals surface area contributed by atoms with Gasteiger partial charge in [-0.3, -0.25) is 9.59 Å². The number of amides is 1. The summed E-state index contributed by atoms with van der Waals surface area (Å²) in [6.45, 7) is 13.0. The number of nitrogens with zero attached hydrogens (tertiary/aromatic N) is 2. The first-order valence-electron chi connectivity index (χ1n) is 11.3. The van der Waals surface area contributed by atoms with E-state index in [0.717, 1.165) is 16.7 Å². The van der Waals surface area contributed by atoms with E-state index in [0.29, 0.717) is 33.4 Å². The van der Waals surface area contributed by atoms with Gasteiger partial charge in [0.15, 0.2) is 5.78 Å². The van der Waals surface area contributed by atoms with Crippen molar-refractivity contribution in [3.63, 3.8) is 0 Å². The van der Waals surface area contributed by atoms with Crippen LogP contribution in [0.15, 0.2) is 72.9 Å². The van der Waals surface area contributed by atoms with Gasteiger partial charge in [-0.05, 0) is 47.7 Å². The van der Waals surface area contributed by atoms with E-state index in [1.165, 1.54) is 0 Å². The lowest BCUT2D eigenvalue weighted by Crippen LogP contribution is -2.15. The average molecular weight is 463 g/mol. The number of rotatable bonds is 6. The maximum Gasteiger partial charge on any atom is 0.256 e. The Morgan fingerprint density at radius 3 is 2.57 bits per heavy atom. The van der Waals surface area contributed by atoms with Crippen molar-refractivity contribution >= 4 is 34.0 Å². The number of benzene rings is 3. The Kier molecular flexibility index (Phi) is 6.35. The molecule has 6 heteroatoms. The lowest BCUT2D eigenvalue weighted by molar-refractivity contribution is 0.0990. The first-order chi connectivity index (χ1) is 16.7. The van der Waals surface area contributed by atoms with Crippen LogP contribution in [0.1, 0.15) is 51.3 Å². The Hall–Kier alpha value is -4.50. The van der Waals surface area contributed by atoms with Crippen molar-refractivity contribution in [1.29, 1.82) is 0 Å². The van der Waals surface area contributed by atoms with Gasteiger partial charge in [0.05, 0.1) is 0 Å². The lowest BCUT2D eigenvalue weighted by Gasteiger charge is -2.14. The molecule has 6 nitrogen and oxygen atoms in total. The smallest absolute Gasteiger partial charge is 0.256 e. The van der Waals surface area contributed by atoms with E-state index in [-0.39, 0.29) is 18.1 Å². The van der Waals surface area contributed by atoms with Crippen LogP contribution in [0.25, 0.3) is 15.6 Å². The van der Waals surface area contributed by atoms with Crippen molar-refractivity contribution in [3.8, 4) is 0 Å². The molecular formula is C29H26N4O2. The third kappa shape index (κ3) is 4.90. The maximum atomic E-state index is 13.1. The van der Waals surface area contributed by atoms with E-state index in [1.807, 2.05) is 57.2 Å². The number of fused-ring (bicyclic) bond motifs is 1. The summed E-state index contributed by atoms with van der Waals surface area (Å²) in [6, 6.07) is 20.0. The van der Waals surface area contributed by atoms with Crippen LogP contribution in [0.3, 0.4) is 0 Å². The van der Waals surface area contributed by atoms with Crippen LogP contribution in [0.4, 0.5) is 11.5 Å². The van der Waals surface area contributed by atoms with Crippen molar-refractivity contribution in [2.75, 3.05) is 11.1 Å². The molecule has 0 aliphatic rings. The minimum Gasteiger partial charge on any atom is -0.383 e. The molecule has 4 rings (SSSR count). The highest BCUT2D eigenvalue weighted by Crippen LogP contribution is 2.27. The van der Waals surface area contributed by atoms with Crippen molar-refractivity contribution < 1.29 is 9.59 Å². The van der Waals surface area contributed by atoms with Gasteiger partial charge in [-0.1, -0.05) is 42.5 Å². The Bertz CT molecular complexity index is 1500. The third-order valence-corrected chi connectivity index (χ3v) is 6.17. The summed E-state index contributed by atoms with van der Waals surface area (Å²) < 4.78 is 0. The maximum absolute atomic E-state index is 13.1. The third-order valence-electron chi connectivity index (χ3n) is 6.17. The molecule has 174 valence electrons. The van der Waals surface area contributed by atoms with Crippen molar-refractivity contribution in [2.24, 2.45) is 0 Å². The highest BCUT2D eigenvalue weighted by Gasteiger charge is 2.26. The molecule has 0 saturated carbocycles. The second kappa shape index (κ2) is 9.40. The van der Waals surface area contributed by atoms with Crippen LogP contribution in [-0.2, 0) is 12.0 Å². The molecule has 1 heterocycles. The zero-order valence-electron chi connectivity index (χ0n) is 19.9. The predicted octanol–water partition coefficient (Wildman–Crippen LogP) is 5.96. The van der Waals surface area contributed by atoms with E-state index in [4.69, 9.17) is 12.3 Å². The molecule has 3 aromatic carbocycles. The largest absolute Gasteiger partial charge is 0.383 e. The average Bonchev–Trinajstić information content (AvgIpc) is 2.85. The van der Waals surface area contributed by atoms with Crippen LogP contribution in [0, 0.1) is 13.5 Å². The van der Waals surface area contributed by atoms with Gasteiger partial charge >= 0.3 is 0 Å². The fourth-order valence-corrected chi connectivity index (χ4v) is 3.96. The fourth-order valence-electron chi connectivity index (χ4n) is 3.96. The van der Waals surface area contributed by atoms with Gasteiger partial charge < -0.3 is 15.9 Å². The van der Waals surface area contributed by atoms with Crippen LogP contribution < -0.4 is 11.1 Å². The first-order valence-corrected chi connectivity index (χ1v) is 11.3. The van der Waals surface area contributed by atoms with E-state index in [9.17, 15) is 9.59 Å². The molecule has 0 spiro atoms. The number of Topliss-reactive ketones (excluding diaryl/α,β-unsaturated/α-hetero) is 1. The number of anilines is 2. The molecule has 1 amide bonds. The number of hydrogen-bond acceptors (Lipinski definition) is 4. The topological polar surface area (TPSA) is 89.4 Å². The second-order valence-electron chi connectivity index (χ2n) is 9.05. The summed E-state index contributed by atoms with van der Waals surface area (Å²) in [6.07, 6.45) is 1.78. The Morgan fingerprint density at radius 1 is 1.03 bits per heavy atom. The highest BCUT2D eigenvalue weighted by molar-refractivity contribution is 6.14. The molecule has 0 aliphatic heterocycles. The number of aryl methyl sites for hydroxylation is 1. The molecule has 0 radical (unpaired) electrons. The quantitative estimate of drug-likeness (QED) is 0.273. The zero-order chi connectivity index (χ0) is 25.2. The van der Waals surface area contributed by atoms with Crippen LogP contribution in [-0.4, -0.2) is 16.7 Å². The number of pyridine rings is 1. The molecule has 4 aromatic rings. The molecule has 0 fully saturated rings. The van der Waals surface area contributed by atoms with E-state index in [1.54, 1.807) is 36.5 Å². The minimum atomic E-state index is -0.650. The number of nitrogens with two attached hydrogens (primary N) is 1. The number of aromatic nitrogens is 1. The fraction of sp³-hybridized carbons (Fsp3) is 0.172. The van der Waals surface area contributed by atoms with Gasteiger partial charge in [0, 0.05) is 54.2 Å². The number of carbonyl (C=O) groups is 2. The molecule has 0 aliphatic carbocycles. The van der Waals surface area contributed by atoms with Crippen molar-refractivity contribution in [3.05, 3.63) is 112 Å². The number of hydrogen-bond donors (Lipinski definition) is 2. The predicted molar refractivity (Wildman–Crippen MR) is 139 cm³/mol. The summed E-state index contributed by atoms with van der Waals surface area (Å²) >= 11 is 0. The standard InChI is InChI=1S/C29H26N4O2/c1-18-11-12-20(26(34)16-19-7-5-8-21(15-19)29(2,3)31-4)17-25(18)33-28(35)24-10-6-9-23-22(24)13-14-32-27(23)30/h5-15,17H,16H2,1-3H3,(H2,30,32)(H,33,35). The number of carbonyl (C=O) groups excluding carboxylic acids is 2. The van der Waals surface area contributed by atoms with Gasteiger partial charge in [0.1, 0.15) is 5.82 Å². The summed E-state index contributed by atoms with van der Waals surface area (Å²) in [4.78, 5) is 34.0. The van der Waals surface area contributed by atoms with Gasteiger partial charge in [-0.25, -0.2) is 11.6 Å². The van der Waals surface area contributed by atoms with Crippen molar-refractivity contribution in [1.82, 2.24) is 4.98 Å². The van der Waals surface area contributed by atoms with Crippen LogP contribution >= 0.6 is 0 Å². The van der Waals surface area contributed by atoms with E-state index in [2.05, 4.69) is 15.1 Å². The Labute approximate surface area is 204 Å². The van der Waals surface area contributed by atoms with Gasteiger partial charge in [0.25, 0.3) is 11.4 Å². The molecule has 0 atom stereocenters. The monoisotopic (exact) mass is 462 g/mol. The SMILES string of the molecule is [C-]#[N+]C(C)(C)c1cccc(CC(=O)c2ccc(C)c(NC(=O)c3cccc4c(N)nccc34)c2)c1. The zero-order valence-corrected chi connectivity index (χ0v) is 19.9. The van der Waals surface area contributed by atoms with E-state index < -0.39 is 5.54 Å². The Balaban J connectivity index is 1.58.